The van der Waals surface area contributed by atoms with Crippen molar-refractivity contribution >= 4 is 17.7 Å². The average Bonchev–Trinajstić information content (AvgIpc) is 3.02. The van der Waals surface area contributed by atoms with Crippen molar-refractivity contribution in [1.82, 2.24) is 9.47 Å². The molecule has 174 valence electrons. The molecule has 7 heteroatoms. The van der Waals surface area contributed by atoms with Gasteiger partial charge in [-0.05, 0) is 63.4 Å². The first-order valence-corrected chi connectivity index (χ1v) is 11.0. The van der Waals surface area contributed by atoms with Crippen LogP contribution in [-0.2, 0) is 11.3 Å². The first-order chi connectivity index (χ1) is 15.2. The monoisotopic (exact) mass is 442 g/mol. The number of esters is 1. The maximum Gasteiger partial charge on any atom is 0.355 e. The topological polar surface area (TPSA) is 77.8 Å². The second-order valence-corrected chi connectivity index (χ2v) is 8.13. The Morgan fingerprint density at radius 1 is 1.06 bits per heavy atom. The molecule has 2 aromatic rings. The van der Waals surface area contributed by atoms with E-state index in [1.165, 1.54) is 0 Å². The fraction of sp³-hybridized carbons (Fsp3) is 0.480. The number of carbonyl (C=O) groups excluding carboxylic acids is 3. The summed E-state index contributed by atoms with van der Waals surface area (Å²) < 4.78 is 12.2. The van der Waals surface area contributed by atoms with Crippen LogP contribution in [0.2, 0.25) is 0 Å². The molecule has 1 aromatic carbocycles. The number of ether oxygens (including phenoxy) is 2. The van der Waals surface area contributed by atoms with E-state index in [9.17, 15) is 14.4 Å². The molecule has 1 heterocycles. The van der Waals surface area contributed by atoms with Crippen LogP contribution in [0.3, 0.4) is 0 Å². The summed E-state index contributed by atoms with van der Waals surface area (Å²) in [5.74, 6) is -0.0117. The number of carbonyl (C=O) groups is 3. The highest BCUT2D eigenvalue weighted by atomic mass is 16.5. The highest BCUT2D eigenvalue weighted by Crippen LogP contribution is 2.25. The standard InChI is InChI=1S/C25H34N2O5/c1-8-27-18(6)22(17(5)23(27)25(30)32-9-2)21(28)15-26(14-16(3)4)24(29)19-10-12-20(31-7)13-11-19/h10-13,16H,8-9,14-15H2,1-7H3. The van der Waals surface area contributed by atoms with E-state index in [-0.39, 0.29) is 30.8 Å². The van der Waals surface area contributed by atoms with Gasteiger partial charge in [-0.2, -0.15) is 0 Å². The summed E-state index contributed by atoms with van der Waals surface area (Å²) >= 11 is 0. The smallest absolute Gasteiger partial charge is 0.355 e. The zero-order chi connectivity index (χ0) is 24.0. The molecule has 0 bridgehead atoms. The van der Waals surface area contributed by atoms with E-state index in [1.54, 1.807) is 54.7 Å². The summed E-state index contributed by atoms with van der Waals surface area (Å²) in [4.78, 5) is 40.7. The molecule has 0 atom stereocenters. The van der Waals surface area contributed by atoms with Gasteiger partial charge in [0.2, 0.25) is 0 Å². The second kappa shape index (κ2) is 11.0. The van der Waals surface area contributed by atoms with Crippen LogP contribution >= 0.6 is 0 Å². The molecule has 0 saturated heterocycles. The van der Waals surface area contributed by atoms with Crippen molar-refractivity contribution in [3.8, 4) is 5.75 Å². The van der Waals surface area contributed by atoms with Crippen molar-refractivity contribution in [3.05, 3.63) is 52.3 Å². The third-order valence-electron chi connectivity index (χ3n) is 5.37. The van der Waals surface area contributed by atoms with Crippen LogP contribution in [0, 0.1) is 19.8 Å². The van der Waals surface area contributed by atoms with Gasteiger partial charge in [-0.1, -0.05) is 13.8 Å². The van der Waals surface area contributed by atoms with Gasteiger partial charge in [-0.15, -0.1) is 0 Å². The van der Waals surface area contributed by atoms with E-state index in [1.807, 2.05) is 27.7 Å². The number of hydrogen-bond acceptors (Lipinski definition) is 5. The molecule has 7 nitrogen and oxygen atoms in total. The number of aromatic nitrogens is 1. The van der Waals surface area contributed by atoms with Gasteiger partial charge in [0.25, 0.3) is 5.91 Å². The maximum absolute atomic E-state index is 13.4. The van der Waals surface area contributed by atoms with Crippen molar-refractivity contribution in [2.24, 2.45) is 5.92 Å². The van der Waals surface area contributed by atoms with Crippen LogP contribution < -0.4 is 4.74 Å². The first kappa shape index (κ1) is 25.2. The molecule has 0 radical (unpaired) electrons. The fourth-order valence-corrected chi connectivity index (χ4v) is 3.99. The largest absolute Gasteiger partial charge is 0.497 e. The van der Waals surface area contributed by atoms with Gasteiger partial charge < -0.3 is 18.9 Å². The molecule has 0 aliphatic carbocycles. The van der Waals surface area contributed by atoms with Gasteiger partial charge in [0.05, 0.1) is 20.3 Å². The Labute approximate surface area is 190 Å². The number of nitrogens with zero attached hydrogens (tertiary/aromatic N) is 2. The lowest BCUT2D eigenvalue weighted by Crippen LogP contribution is -2.38. The van der Waals surface area contributed by atoms with Crippen molar-refractivity contribution in [2.45, 2.75) is 48.1 Å². The van der Waals surface area contributed by atoms with E-state index in [0.717, 1.165) is 0 Å². The van der Waals surface area contributed by atoms with Crippen LogP contribution in [0.5, 0.6) is 5.75 Å². The molecule has 0 aliphatic heterocycles. The molecular weight excluding hydrogens is 408 g/mol. The molecule has 0 spiro atoms. The summed E-state index contributed by atoms with van der Waals surface area (Å²) in [6.45, 7) is 12.4. The SMILES string of the molecule is CCOC(=O)c1c(C)c(C(=O)CN(CC(C)C)C(=O)c2ccc(OC)cc2)c(C)n1CC. The number of ketones is 1. The minimum atomic E-state index is -0.442. The fourth-order valence-electron chi connectivity index (χ4n) is 3.99. The van der Waals surface area contributed by atoms with Gasteiger partial charge in [-0.3, -0.25) is 9.59 Å². The summed E-state index contributed by atoms with van der Waals surface area (Å²) in [5, 5.41) is 0. The lowest BCUT2D eigenvalue weighted by molar-refractivity contribution is 0.0512. The third-order valence-corrected chi connectivity index (χ3v) is 5.37. The van der Waals surface area contributed by atoms with Crippen molar-refractivity contribution in [3.63, 3.8) is 0 Å². The molecule has 0 aliphatic rings. The number of Topliss-reactive ketones (excluding diaryl/α,β-unsaturated/α-hetero) is 1. The van der Waals surface area contributed by atoms with Crippen molar-refractivity contribution in [2.75, 3.05) is 26.8 Å². The molecule has 0 N–H and O–H groups in total. The summed E-state index contributed by atoms with van der Waals surface area (Å²) in [5.41, 5.74) is 2.66. The van der Waals surface area contributed by atoms with Crippen LogP contribution in [-0.4, -0.2) is 53.9 Å². The van der Waals surface area contributed by atoms with Gasteiger partial charge in [0.15, 0.2) is 5.78 Å². The quantitative estimate of drug-likeness (QED) is 0.405. The number of rotatable bonds is 10. The van der Waals surface area contributed by atoms with Crippen LogP contribution in [0.4, 0.5) is 0 Å². The van der Waals surface area contributed by atoms with E-state index < -0.39 is 5.97 Å². The Morgan fingerprint density at radius 3 is 2.19 bits per heavy atom. The Hall–Kier alpha value is -3.09. The Balaban J connectivity index is 2.39. The first-order valence-electron chi connectivity index (χ1n) is 11.0. The number of methoxy groups -OCH3 is 1. The molecule has 0 saturated carbocycles. The van der Waals surface area contributed by atoms with Crippen LogP contribution in [0.25, 0.3) is 0 Å². The van der Waals surface area contributed by atoms with Gasteiger partial charge >= 0.3 is 5.97 Å². The Bertz CT molecular complexity index is 973. The van der Waals surface area contributed by atoms with Crippen molar-refractivity contribution in [1.29, 1.82) is 0 Å². The second-order valence-electron chi connectivity index (χ2n) is 8.13. The molecule has 0 unspecified atom stereocenters. The van der Waals surface area contributed by atoms with Gasteiger partial charge in [0.1, 0.15) is 11.4 Å². The number of amides is 1. The summed E-state index contributed by atoms with van der Waals surface area (Å²) in [6, 6.07) is 6.84. The minimum absolute atomic E-state index is 0.0687. The number of hydrogen-bond donors (Lipinski definition) is 0. The molecule has 2 rings (SSSR count). The van der Waals surface area contributed by atoms with Crippen LogP contribution in [0.15, 0.2) is 24.3 Å². The molecule has 0 fully saturated rings. The normalized spacial score (nSPS) is 10.9. The average molecular weight is 443 g/mol. The lowest BCUT2D eigenvalue weighted by atomic mass is 10.0. The highest BCUT2D eigenvalue weighted by molar-refractivity contribution is 6.06. The predicted octanol–water partition coefficient (Wildman–Crippen LogP) is 4.29. The van der Waals surface area contributed by atoms with Crippen molar-refractivity contribution < 1.29 is 23.9 Å². The van der Waals surface area contributed by atoms with Gasteiger partial charge in [0, 0.05) is 29.9 Å². The van der Waals surface area contributed by atoms with E-state index >= 15 is 0 Å². The number of benzene rings is 1. The van der Waals surface area contributed by atoms with E-state index in [4.69, 9.17) is 9.47 Å². The minimum Gasteiger partial charge on any atom is -0.497 e. The zero-order valence-electron chi connectivity index (χ0n) is 20.2. The summed E-state index contributed by atoms with van der Waals surface area (Å²) in [7, 11) is 1.57. The third kappa shape index (κ3) is 5.39. The molecule has 32 heavy (non-hydrogen) atoms. The predicted molar refractivity (Wildman–Crippen MR) is 124 cm³/mol. The van der Waals surface area contributed by atoms with Gasteiger partial charge in [-0.25, -0.2) is 4.79 Å². The molecule has 1 amide bonds. The van der Waals surface area contributed by atoms with E-state index in [0.29, 0.717) is 46.9 Å². The summed E-state index contributed by atoms with van der Waals surface area (Å²) in [6.07, 6.45) is 0. The zero-order valence-corrected chi connectivity index (χ0v) is 20.2. The Morgan fingerprint density at radius 2 is 1.69 bits per heavy atom. The molecular formula is C25H34N2O5. The Kier molecular flexibility index (Phi) is 8.63. The maximum atomic E-state index is 13.4. The lowest BCUT2D eigenvalue weighted by Gasteiger charge is -2.24. The molecule has 1 aromatic heterocycles. The highest BCUT2D eigenvalue weighted by Gasteiger charge is 2.29. The van der Waals surface area contributed by atoms with E-state index in [2.05, 4.69) is 0 Å². The van der Waals surface area contributed by atoms with Crippen LogP contribution in [0.1, 0.15) is 70.2 Å².